The Morgan fingerprint density at radius 1 is 0.841 bits per heavy atom. The Hall–Kier alpha value is -8.96. The number of nitrogens with one attached hydrogen (secondary N) is 5. The van der Waals surface area contributed by atoms with Crippen molar-refractivity contribution in [2.45, 2.75) is 102 Å². The summed E-state index contributed by atoms with van der Waals surface area (Å²) in [6.45, 7) is 1.25. The van der Waals surface area contributed by atoms with Crippen LogP contribution in [-0.2, 0) is 84.2 Å². The van der Waals surface area contributed by atoms with Crippen LogP contribution in [0.1, 0.15) is 102 Å². The van der Waals surface area contributed by atoms with Gasteiger partial charge in [0.1, 0.15) is 25.2 Å². The van der Waals surface area contributed by atoms with E-state index in [0.717, 1.165) is 10.5 Å². The van der Waals surface area contributed by atoms with Gasteiger partial charge in [-0.05, 0) is 72.9 Å². The van der Waals surface area contributed by atoms with Crippen LogP contribution in [0.25, 0.3) is 22.3 Å². The standard InChI is InChI=1S/C59H62FN9O13/c1-4-59(80)39-25-44-53-37(30-69(44)56(77)38(39)31-81-58(59)79)52-43(20-19-36-33(2)40(60)26-41(66-53)51(36)52)67(3)57(78)54(35-16-10-6-11-17-35)82-32-64-47(72)28-63-55(76)42(24-34-14-8-5-9-15-34)65-48(73)29-62-46(71)27-61-45(70)18-12-7-13-23-68-49(74)21-22-50(68)75/h5-6,8-11,14-17,21-22,25-26,42-43,54,80H,4,7,12-13,18-20,23-24,27-32H2,1-3H3,(H,61,70)(H,62,71)(H,63,76)(H,64,72)(H,65,73)/t42-,43-,54+,59-/m0/s1. The number of benzene rings is 3. The normalized spacial score (nSPS) is 17.3. The number of nitrogens with zero attached hydrogens (tertiary/aromatic N) is 4. The van der Waals surface area contributed by atoms with Crippen LogP contribution in [0.3, 0.4) is 0 Å². The molecule has 0 fully saturated rings. The minimum absolute atomic E-state index is 0.0220. The lowest BCUT2D eigenvalue weighted by Gasteiger charge is -2.36. The summed E-state index contributed by atoms with van der Waals surface area (Å²) in [6.07, 6.45) is 3.46. The number of rotatable bonds is 23. The minimum Gasteiger partial charge on any atom is -0.458 e. The molecule has 0 saturated heterocycles. The highest BCUT2D eigenvalue weighted by Gasteiger charge is 2.46. The van der Waals surface area contributed by atoms with Crippen molar-refractivity contribution in [1.82, 2.24) is 45.9 Å². The van der Waals surface area contributed by atoms with E-state index in [1.165, 1.54) is 27.7 Å². The maximum atomic E-state index is 15.7. The van der Waals surface area contributed by atoms with E-state index in [4.69, 9.17) is 14.5 Å². The van der Waals surface area contributed by atoms with Crippen LogP contribution in [0, 0.1) is 12.7 Å². The van der Waals surface area contributed by atoms with Gasteiger partial charge in [0.25, 0.3) is 23.3 Å². The topological polar surface area (TPSA) is 294 Å². The number of ether oxygens (including phenoxy) is 2. The van der Waals surface area contributed by atoms with Crippen LogP contribution in [0.4, 0.5) is 4.39 Å². The summed E-state index contributed by atoms with van der Waals surface area (Å²) in [4.78, 5) is 138. The molecule has 2 aromatic heterocycles. The third-order valence-electron chi connectivity index (χ3n) is 15.4. The Balaban J connectivity index is 0.822. The van der Waals surface area contributed by atoms with Crippen LogP contribution in [-0.4, -0.2) is 124 Å². The molecule has 6 N–H and O–H groups in total. The fourth-order valence-corrected chi connectivity index (χ4v) is 10.9. The van der Waals surface area contributed by atoms with E-state index < -0.39 is 103 Å². The molecule has 0 saturated carbocycles. The second-order valence-corrected chi connectivity index (χ2v) is 20.6. The molecule has 0 bridgehead atoms. The number of likely N-dealkylation sites (N-methyl/N-ethyl adjacent to an activating group) is 1. The van der Waals surface area contributed by atoms with E-state index in [1.807, 2.05) is 0 Å². The number of cyclic esters (lactones) is 1. The quantitative estimate of drug-likeness (QED) is 0.0233. The number of carbonyl (C=O) groups excluding carboxylic acids is 9. The summed E-state index contributed by atoms with van der Waals surface area (Å²) in [6, 6.07) is 18.4. The number of esters is 1. The predicted molar refractivity (Wildman–Crippen MR) is 292 cm³/mol. The molecule has 428 valence electrons. The fraction of sp³-hybridized carbons (Fsp3) is 0.373. The first kappa shape index (κ1) is 57.7. The number of fused-ring (bicyclic) bond motifs is 5. The number of aliphatic hydroxyl groups is 1. The molecule has 3 aromatic carbocycles. The van der Waals surface area contributed by atoms with Crippen LogP contribution >= 0.6 is 0 Å². The number of hydrogen-bond acceptors (Lipinski definition) is 14. The Bertz CT molecular complexity index is 3480. The molecular formula is C59H62FN9O13. The van der Waals surface area contributed by atoms with Gasteiger partial charge in [-0.25, -0.2) is 14.2 Å². The summed E-state index contributed by atoms with van der Waals surface area (Å²) in [7, 11) is 1.62. The zero-order valence-electron chi connectivity index (χ0n) is 45.4. The largest absolute Gasteiger partial charge is 0.458 e. The third-order valence-corrected chi connectivity index (χ3v) is 15.4. The molecule has 9 rings (SSSR count). The van der Waals surface area contributed by atoms with E-state index in [2.05, 4.69) is 26.6 Å². The summed E-state index contributed by atoms with van der Waals surface area (Å²) >= 11 is 0. The van der Waals surface area contributed by atoms with Gasteiger partial charge < -0.3 is 50.6 Å². The monoisotopic (exact) mass is 1120 g/mol. The molecule has 3 aliphatic heterocycles. The van der Waals surface area contributed by atoms with Gasteiger partial charge in [0.2, 0.25) is 29.5 Å². The van der Waals surface area contributed by atoms with Crippen LogP contribution in [0.5, 0.6) is 0 Å². The van der Waals surface area contributed by atoms with Gasteiger partial charge in [-0.15, -0.1) is 0 Å². The first-order chi connectivity index (χ1) is 39.4. The molecule has 5 heterocycles. The Morgan fingerprint density at radius 3 is 2.23 bits per heavy atom. The highest BCUT2D eigenvalue weighted by atomic mass is 19.1. The van der Waals surface area contributed by atoms with Crippen LogP contribution in [0.2, 0.25) is 0 Å². The van der Waals surface area contributed by atoms with Crippen molar-refractivity contribution < 1.29 is 62.1 Å². The van der Waals surface area contributed by atoms with Crippen molar-refractivity contribution >= 4 is 64.1 Å². The zero-order valence-corrected chi connectivity index (χ0v) is 45.4. The summed E-state index contributed by atoms with van der Waals surface area (Å²) in [5.41, 5.74) is 2.24. The Kier molecular flexibility index (Phi) is 17.5. The lowest BCUT2D eigenvalue weighted by Crippen LogP contribution is -2.52. The maximum absolute atomic E-state index is 15.7. The molecule has 82 heavy (non-hydrogen) atoms. The van der Waals surface area contributed by atoms with Crippen molar-refractivity contribution in [3.05, 3.63) is 146 Å². The number of aryl methyl sites for hydroxylation is 1. The smallest absolute Gasteiger partial charge is 0.343 e. The van der Waals surface area contributed by atoms with Crippen LogP contribution in [0.15, 0.2) is 89.7 Å². The summed E-state index contributed by atoms with van der Waals surface area (Å²) < 4.78 is 28.6. The number of imide groups is 1. The molecule has 0 spiro atoms. The van der Waals surface area contributed by atoms with Crippen LogP contribution < -0.4 is 32.1 Å². The predicted octanol–water partition coefficient (Wildman–Crippen LogP) is 2.37. The minimum atomic E-state index is -2.08. The molecule has 1 aliphatic carbocycles. The first-order valence-electron chi connectivity index (χ1n) is 27.1. The van der Waals surface area contributed by atoms with Gasteiger partial charge in [0, 0.05) is 61.2 Å². The zero-order chi connectivity index (χ0) is 58.4. The van der Waals surface area contributed by atoms with E-state index >= 15 is 4.39 Å². The summed E-state index contributed by atoms with van der Waals surface area (Å²) in [5.74, 6) is -5.79. The molecule has 4 aliphatic rings. The molecule has 0 unspecified atom stereocenters. The SMILES string of the molecule is CC[C@@]1(O)C(=O)OCc2c1cc1n(c2=O)Cc2c-1nc1cc(F)c(C)c3c1c2[C@@H](N(C)C(=O)[C@H](OCNC(=O)CNC(=O)[C@H](Cc1ccccc1)NC(=O)CNC(=O)CNC(=O)CCCCCN1C(=O)C=CC1=O)c1ccccc1)CC3. The number of carbonyl (C=O) groups is 9. The molecule has 22 nitrogen and oxygen atoms in total. The number of aromatic nitrogens is 2. The molecule has 23 heteroatoms. The Labute approximate surface area is 469 Å². The second kappa shape index (κ2) is 24.8. The van der Waals surface area contributed by atoms with Crippen molar-refractivity contribution in [3.8, 4) is 11.4 Å². The van der Waals surface area contributed by atoms with Gasteiger partial charge in [-0.3, -0.25) is 48.1 Å². The number of halogens is 1. The average molecular weight is 1120 g/mol. The first-order valence-corrected chi connectivity index (χ1v) is 27.1. The number of pyridine rings is 2. The molecular weight excluding hydrogens is 1060 g/mol. The molecule has 8 amide bonds. The number of hydrogen-bond donors (Lipinski definition) is 6. The number of amides is 8. The van der Waals surface area contributed by atoms with Crippen molar-refractivity contribution in [3.63, 3.8) is 0 Å². The summed E-state index contributed by atoms with van der Waals surface area (Å²) in [5, 5.41) is 24.8. The van der Waals surface area contributed by atoms with E-state index in [1.54, 1.807) is 87.6 Å². The van der Waals surface area contributed by atoms with E-state index in [9.17, 15) is 53.1 Å². The van der Waals surface area contributed by atoms with Gasteiger partial charge in [0.05, 0.1) is 54.7 Å². The van der Waals surface area contributed by atoms with Gasteiger partial charge in [-0.2, -0.15) is 0 Å². The van der Waals surface area contributed by atoms with E-state index in [0.29, 0.717) is 82.2 Å². The fourth-order valence-electron chi connectivity index (χ4n) is 10.9. The molecule has 5 aromatic rings. The number of unbranched alkanes of at least 4 members (excludes halogenated alkanes) is 2. The van der Waals surface area contributed by atoms with Crippen molar-refractivity contribution in [2.24, 2.45) is 0 Å². The second-order valence-electron chi connectivity index (χ2n) is 20.6. The van der Waals surface area contributed by atoms with Crippen molar-refractivity contribution in [1.29, 1.82) is 0 Å². The molecule has 0 radical (unpaired) electrons. The lowest BCUT2D eigenvalue weighted by molar-refractivity contribution is -0.172. The lowest BCUT2D eigenvalue weighted by atomic mass is 9.81. The molecule has 4 atom stereocenters. The highest BCUT2D eigenvalue weighted by molar-refractivity contribution is 6.12. The third kappa shape index (κ3) is 12.1. The van der Waals surface area contributed by atoms with Gasteiger partial charge >= 0.3 is 5.97 Å². The average Bonchev–Trinajstić information content (AvgIpc) is 2.97. The van der Waals surface area contributed by atoms with Crippen molar-refractivity contribution in [2.75, 3.05) is 40.0 Å². The Morgan fingerprint density at radius 2 is 1.51 bits per heavy atom. The van der Waals surface area contributed by atoms with Gasteiger partial charge in [-0.1, -0.05) is 74.0 Å². The highest BCUT2D eigenvalue weighted by Crippen LogP contribution is 2.48. The van der Waals surface area contributed by atoms with E-state index in [-0.39, 0.29) is 61.9 Å². The van der Waals surface area contributed by atoms with Gasteiger partial charge in [0.15, 0.2) is 11.7 Å². The maximum Gasteiger partial charge on any atom is 0.343 e.